The van der Waals surface area contributed by atoms with Gasteiger partial charge in [0.25, 0.3) is 5.91 Å². The maximum atomic E-state index is 12.3. The zero-order valence-electron chi connectivity index (χ0n) is 12.1. The number of nitrogens with zero attached hydrogens (tertiary/aromatic N) is 1. The second kappa shape index (κ2) is 6.90. The molecule has 1 aliphatic heterocycles. The normalized spacial score (nSPS) is 15.5. The van der Waals surface area contributed by atoms with Crippen molar-refractivity contribution in [1.29, 1.82) is 0 Å². The fraction of sp³-hybridized carbons (Fsp3) is 0.294. The van der Waals surface area contributed by atoms with Gasteiger partial charge < -0.3 is 10.1 Å². The molecule has 0 saturated carbocycles. The van der Waals surface area contributed by atoms with Crippen LogP contribution in [0.1, 0.15) is 23.3 Å². The molecule has 2 heterocycles. The van der Waals surface area contributed by atoms with Gasteiger partial charge in [-0.15, -0.1) is 0 Å². The van der Waals surface area contributed by atoms with Crippen LogP contribution in [-0.4, -0.2) is 30.1 Å². The molecule has 0 unspecified atom stereocenters. The monoisotopic (exact) mass is 316 g/mol. The molecular weight excluding hydrogens is 300 g/mol. The first-order chi connectivity index (χ1) is 10.7. The van der Waals surface area contributed by atoms with Gasteiger partial charge in [-0.2, -0.15) is 0 Å². The Morgan fingerprint density at radius 3 is 2.73 bits per heavy atom. The van der Waals surface area contributed by atoms with Crippen molar-refractivity contribution in [3.8, 4) is 11.3 Å². The maximum Gasteiger partial charge on any atom is 0.270 e. The van der Waals surface area contributed by atoms with E-state index in [-0.39, 0.29) is 11.9 Å². The van der Waals surface area contributed by atoms with Crippen LogP contribution in [0.25, 0.3) is 11.3 Å². The van der Waals surface area contributed by atoms with E-state index in [1.54, 1.807) is 6.07 Å². The fourth-order valence-electron chi connectivity index (χ4n) is 2.47. The van der Waals surface area contributed by atoms with Crippen LogP contribution in [0.3, 0.4) is 0 Å². The molecule has 3 rings (SSSR count). The van der Waals surface area contributed by atoms with Gasteiger partial charge in [-0.1, -0.05) is 29.8 Å². The average Bonchev–Trinajstić information content (AvgIpc) is 2.56. The summed E-state index contributed by atoms with van der Waals surface area (Å²) in [5, 5.41) is 3.67. The van der Waals surface area contributed by atoms with Gasteiger partial charge in [0.05, 0.1) is 5.69 Å². The zero-order valence-corrected chi connectivity index (χ0v) is 12.8. The number of benzene rings is 1. The number of halogens is 1. The van der Waals surface area contributed by atoms with Crippen molar-refractivity contribution < 1.29 is 9.53 Å². The van der Waals surface area contributed by atoms with Crippen molar-refractivity contribution in [2.45, 2.75) is 18.9 Å². The van der Waals surface area contributed by atoms with E-state index >= 15 is 0 Å². The SMILES string of the molecule is O=C(NC1CCOCC1)c1cccc(-c2cccc(Cl)c2)n1. The minimum atomic E-state index is -0.143. The summed E-state index contributed by atoms with van der Waals surface area (Å²) in [7, 11) is 0. The Bertz CT molecular complexity index is 669. The van der Waals surface area contributed by atoms with E-state index in [4.69, 9.17) is 16.3 Å². The number of hydrogen-bond acceptors (Lipinski definition) is 3. The van der Waals surface area contributed by atoms with Gasteiger partial charge in [0.15, 0.2) is 0 Å². The minimum Gasteiger partial charge on any atom is -0.381 e. The molecule has 1 N–H and O–H groups in total. The summed E-state index contributed by atoms with van der Waals surface area (Å²) in [4.78, 5) is 16.8. The summed E-state index contributed by atoms with van der Waals surface area (Å²) in [6, 6.07) is 13.0. The Balaban J connectivity index is 1.77. The largest absolute Gasteiger partial charge is 0.381 e. The van der Waals surface area contributed by atoms with Crippen molar-refractivity contribution in [3.63, 3.8) is 0 Å². The van der Waals surface area contributed by atoms with Gasteiger partial charge in [-0.3, -0.25) is 4.79 Å². The maximum absolute atomic E-state index is 12.3. The lowest BCUT2D eigenvalue weighted by molar-refractivity contribution is 0.0694. The van der Waals surface area contributed by atoms with Crippen LogP contribution in [0, 0.1) is 0 Å². The Morgan fingerprint density at radius 2 is 1.95 bits per heavy atom. The third-order valence-corrected chi connectivity index (χ3v) is 3.89. The summed E-state index contributed by atoms with van der Waals surface area (Å²) >= 11 is 6.01. The fourth-order valence-corrected chi connectivity index (χ4v) is 2.66. The first kappa shape index (κ1) is 15.0. The topological polar surface area (TPSA) is 51.2 Å². The van der Waals surface area contributed by atoms with Gasteiger partial charge in [0, 0.05) is 29.8 Å². The number of pyridine rings is 1. The van der Waals surface area contributed by atoms with E-state index in [0.29, 0.717) is 23.9 Å². The molecule has 0 bridgehead atoms. The van der Waals surface area contributed by atoms with E-state index in [1.807, 2.05) is 36.4 Å². The molecule has 1 saturated heterocycles. The Hall–Kier alpha value is -1.91. The van der Waals surface area contributed by atoms with E-state index in [9.17, 15) is 4.79 Å². The van der Waals surface area contributed by atoms with Crippen molar-refractivity contribution >= 4 is 17.5 Å². The summed E-state index contributed by atoms with van der Waals surface area (Å²) in [5.41, 5.74) is 2.05. The molecule has 22 heavy (non-hydrogen) atoms. The van der Waals surface area contributed by atoms with Crippen LogP contribution in [0.4, 0.5) is 0 Å². The molecule has 1 aliphatic rings. The minimum absolute atomic E-state index is 0.143. The predicted octanol–water partition coefficient (Wildman–Crippen LogP) is 3.31. The van der Waals surface area contributed by atoms with E-state index in [2.05, 4.69) is 10.3 Å². The number of aromatic nitrogens is 1. The molecule has 1 aromatic carbocycles. The molecule has 1 amide bonds. The van der Waals surface area contributed by atoms with Crippen LogP contribution in [0.15, 0.2) is 42.5 Å². The van der Waals surface area contributed by atoms with Crippen LogP contribution in [0.2, 0.25) is 5.02 Å². The van der Waals surface area contributed by atoms with Crippen LogP contribution < -0.4 is 5.32 Å². The molecule has 4 nitrogen and oxygen atoms in total. The van der Waals surface area contributed by atoms with E-state index in [0.717, 1.165) is 24.1 Å². The van der Waals surface area contributed by atoms with Gasteiger partial charge in [-0.25, -0.2) is 4.98 Å². The average molecular weight is 317 g/mol. The van der Waals surface area contributed by atoms with Gasteiger partial charge >= 0.3 is 0 Å². The highest BCUT2D eigenvalue weighted by molar-refractivity contribution is 6.30. The Morgan fingerprint density at radius 1 is 1.18 bits per heavy atom. The molecule has 0 spiro atoms. The summed E-state index contributed by atoms with van der Waals surface area (Å²) in [5.74, 6) is -0.143. The number of hydrogen-bond donors (Lipinski definition) is 1. The third-order valence-electron chi connectivity index (χ3n) is 3.66. The van der Waals surface area contributed by atoms with Crippen molar-refractivity contribution in [2.75, 3.05) is 13.2 Å². The van der Waals surface area contributed by atoms with Crippen LogP contribution >= 0.6 is 11.6 Å². The summed E-state index contributed by atoms with van der Waals surface area (Å²) in [6.07, 6.45) is 1.69. The second-order valence-corrected chi connectivity index (χ2v) is 5.71. The number of rotatable bonds is 3. The number of ether oxygens (including phenoxy) is 1. The predicted molar refractivity (Wildman–Crippen MR) is 86.0 cm³/mol. The summed E-state index contributed by atoms with van der Waals surface area (Å²) in [6.45, 7) is 1.39. The van der Waals surface area contributed by atoms with Crippen LogP contribution in [0.5, 0.6) is 0 Å². The molecular formula is C17H17ClN2O2. The Labute approximate surface area is 134 Å². The number of nitrogens with one attached hydrogen (secondary N) is 1. The molecule has 0 aliphatic carbocycles. The number of carbonyl (C=O) groups is 1. The number of carbonyl (C=O) groups excluding carboxylic acids is 1. The first-order valence-corrected chi connectivity index (χ1v) is 7.72. The highest BCUT2D eigenvalue weighted by atomic mass is 35.5. The molecule has 5 heteroatoms. The molecule has 114 valence electrons. The second-order valence-electron chi connectivity index (χ2n) is 5.28. The van der Waals surface area contributed by atoms with Gasteiger partial charge in [0.2, 0.25) is 0 Å². The lowest BCUT2D eigenvalue weighted by Crippen LogP contribution is -2.39. The van der Waals surface area contributed by atoms with Crippen molar-refractivity contribution in [1.82, 2.24) is 10.3 Å². The van der Waals surface area contributed by atoms with Crippen LogP contribution in [-0.2, 0) is 4.74 Å². The molecule has 1 aromatic heterocycles. The molecule has 1 fully saturated rings. The summed E-state index contributed by atoms with van der Waals surface area (Å²) < 4.78 is 5.30. The zero-order chi connectivity index (χ0) is 15.4. The van der Waals surface area contributed by atoms with Crippen molar-refractivity contribution in [2.24, 2.45) is 0 Å². The third kappa shape index (κ3) is 3.64. The quantitative estimate of drug-likeness (QED) is 0.945. The van der Waals surface area contributed by atoms with Gasteiger partial charge in [0.1, 0.15) is 5.69 Å². The first-order valence-electron chi connectivity index (χ1n) is 7.34. The van der Waals surface area contributed by atoms with Gasteiger partial charge in [-0.05, 0) is 37.1 Å². The lowest BCUT2D eigenvalue weighted by Gasteiger charge is -2.22. The van der Waals surface area contributed by atoms with Crippen molar-refractivity contribution in [3.05, 3.63) is 53.2 Å². The number of amides is 1. The van der Waals surface area contributed by atoms with E-state index < -0.39 is 0 Å². The highest BCUT2D eigenvalue weighted by Gasteiger charge is 2.18. The highest BCUT2D eigenvalue weighted by Crippen LogP contribution is 2.21. The molecule has 0 radical (unpaired) electrons. The standard InChI is InChI=1S/C17H17ClN2O2/c18-13-4-1-3-12(11-13)15-5-2-6-16(20-15)17(21)19-14-7-9-22-10-8-14/h1-6,11,14H,7-10H2,(H,19,21). The molecule has 0 atom stereocenters. The molecule has 2 aromatic rings. The lowest BCUT2D eigenvalue weighted by atomic mass is 10.1. The van der Waals surface area contributed by atoms with E-state index in [1.165, 1.54) is 0 Å². The smallest absolute Gasteiger partial charge is 0.270 e. The Kier molecular flexibility index (Phi) is 4.71.